The molecule has 12 heteroatoms. The number of aromatic nitrogens is 3. The first kappa shape index (κ1) is 31.2. The van der Waals surface area contributed by atoms with Gasteiger partial charge >= 0.3 is 5.97 Å². The van der Waals surface area contributed by atoms with Crippen LogP contribution < -0.4 is 10.9 Å². The summed E-state index contributed by atoms with van der Waals surface area (Å²) in [5.41, 5.74) is 0.659. The summed E-state index contributed by atoms with van der Waals surface area (Å²) in [7, 11) is 0. The predicted octanol–water partition coefficient (Wildman–Crippen LogP) is 4.16. The van der Waals surface area contributed by atoms with Crippen LogP contribution in [0.3, 0.4) is 0 Å². The van der Waals surface area contributed by atoms with E-state index in [1.54, 1.807) is 43.7 Å². The summed E-state index contributed by atoms with van der Waals surface area (Å²) in [4.78, 5) is 43.6. The summed E-state index contributed by atoms with van der Waals surface area (Å²) in [6.07, 6.45) is 1.53. The molecule has 0 bridgehead atoms. The van der Waals surface area contributed by atoms with E-state index in [9.17, 15) is 19.6 Å². The molecule has 5 rings (SSSR count). The molecule has 0 aliphatic carbocycles. The molecule has 1 aromatic carbocycles. The molecule has 2 aromatic heterocycles. The summed E-state index contributed by atoms with van der Waals surface area (Å²) >= 11 is 0. The lowest BCUT2D eigenvalue weighted by Gasteiger charge is -2.39. The number of rotatable bonds is 6. The number of amides is 1. The van der Waals surface area contributed by atoms with Crippen LogP contribution in [0, 0.1) is 18.3 Å². The van der Waals surface area contributed by atoms with E-state index in [4.69, 9.17) is 19.3 Å². The maximum atomic E-state index is 13.3. The van der Waals surface area contributed by atoms with Crippen molar-refractivity contribution in [3.05, 3.63) is 51.9 Å². The van der Waals surface area contributed by atoms with Gasteiger partial charge < -0.3 is 29.4 Å². The Hall–Kier alpha value is -4.21. The topological polar surface area (TPSA) is 152 Å². The van der Waals surface area contributed by atoms with Crippen LogP contribution in [0.15, 0.2) is 35.3 Å². The van der Waals surface area contributed by atoms with E-state index in [1.165, 1.54) is 6.20 Å². The highest BCUT2D eigenvalue weighted by molar-refractivity contribution is 5.97. The Morgan fingerprint density at radius 3 is 2.57 bits per heavy atom. The molecule has 0 unspecified atom stereocenters. The van der Waals surface area contributed by atoms with Crippen molar-refractivity contribution in [2.24, 2.45) is 0 Å². The Labute approximate surface area is 256 Å². The van der Waals surface area contributed by atoms with Crippen LogP contribution in [0.4, 0.5) is 11.5 Å². The van der Waals surface area contributed by atoms with Crippen LogP contribution in [-0.2, 0) is 24.5 Å². The van der Waals surface area contributed by atoms with E-state index in [-0.39, 0.29) is 36.7 Å². The predicted molar refractivity (Wildman–Crippen MR) is 164 cm³/mol. The molecule has 2 N–H and O–H groups in total. The van der Waals surface area contributed by atoms with E-state index >= 15 is 0 Å². The first-order valence-electron chi connectivity index (χ1n) is 14.9. The van der Waals surface area contributed by atoms with Crippen LogP contribution >= 0.6 is 0 Å². The molecular formula is C32H40N6O6. The number of H-pyrrole nitrogens is 1. The third kappa shape index (κ3) is 6.34. The summed E-state index contributed by atoms with van der Waals surface area (Å²) in [5.74, 6) is -0.187. The SMILES string of the molecule is Cc1cc(Nc2nn([C@]3(CC#N)CC[C@@H](C(=O)OC(C)(C)C)OC3)c3cc[nH]c(=O)c23)ccc1C(=O)N1C[C@H](C)O[C@@H](C)C1. The Kier molecular flexibility index (Phi) is 8.55. The minimum absolute atomic E-state index is 0.0347. The number of nitrogens with zero attached hydrogens (tertiary/aromatic N) is 4. The van der Waals surface area contributed by atoms with E-state index in [0.717, 1.165) is 5.56 Å². The van der Waals surface area contributed by atoms with Crippen molar-refractivity contribution < 1.29 is 23.8 Å². The van der Waals surface area contributed by atoms with Gasteiger partial charge in [0.2, 0.25) is 0 Å². The van der Waals surface area contributed by atoms with Gasteiger partial charge in [-0.05, 0) is 84.2 Å². The number of aromatic amines is 1. The van der Waals surface area contributed by atoms with Crippen LogP contribution in [0.25, 0.3) is 10.9 Å². The highest BCUT2D eigenvalue weighted by atomic mass is 16.6. The Morgan fingerprint density at radius 2 is 1.95 bits per heavy atom. The van der Waals surface area contributed by atoms with Gasteiger partial charge in [0, 0.05) is 30.5 Å². The second kappa shape index (κ2) is 12.1. The number of nitriles is 1. The third-order valence-corrected chi connectivity index (χ3v) is 7.98. The maximum absolute atomic E-state index is 13.3. The van der Waals surface area contributed by atoms with Crippen molar-refractivity contribution >= 4 is 34.3 Å². The monoisotopic (exact) mass is 604 g/mol. The molecule has 2 aliphatic heterocycles. The number of aryl methyl sites for hydroxylation is 1. The molecule has 44 heavy (non-hydrogen) atoms. The Morgan fingerprint density at radius 1 is 1.23 bits per heavy atom. The zero-order valence-corrected chi connectivity index (χ0v) is 26.1. The van der Waals surface area contributed by atoms with E-state index in [0.29, 0.717) is 53.9 Å². The highest BCUT2D eigenvalue weighted by Gasteiger charge is 2.43. The molecule has 2 aliphatic rings. The number of fused-ring (bicyclic) bond motifs is 1. The first-order valence-corrected chi connectivity index (χ1v) is 14.9. The summed E-state index contributed by atoms with van der Waals surface area (Å²) in [6.45, 7) is 12.3. The average molecular weight is 605 g/mol. The van der Waals surface area contributed by atoms with Gasteiger partial charge in [0.05, 0.1) is 42.4 Å². The third-order valence-electron chi connectivity index (χ3n) is 7.98. The van der Waals surface area contributed by atoms with Crippen molar-refractivity contribution in [1.82, 2.24) is 19.7 Å². The lowest BCUT2D eigenvalue weighted by molar-refractivity contribution is -0.176. The lowest BCUT2D eigenvalue weighted by atomic mass is 9.87. The standard InChI is InChI=1S/C32H40N6O6/c1-19-15-22(7-8-23(19)29(40)37-16-20(2)43-21(3)17-37)35-27-26-24(10-14-34-28(26)39)38(36-27)32(12-13-33)11-9-25(42-18-32)30(41)44-31(4,5)6/h7-8,10,14-15,20-21,25H,9,11-12,16-18H2,1-6H3,(H,34,39)(H,35,36)/t20-,21-,25-,32-/m0/s1. The van der Waals surface area contributed by atoms with Gasteiger partial charge in [-0.25, -0.2) is 4.79 Å². The van der Waals surface area contributed by atoms with Crippen molar-refractivity contribution in [1.29, 1.82) is 5.26 Å². The number of benzene rings is 1. The molecule has 4 heterocycles. The fraction of sp³-hybridized carbons (Fsp3) is 0.531. The minimum atomic E-state index is -0.905. The van der Waals surface area contributed by atoms with E-state index in [1.807, 2.05) is 31.7 Å². The molecule has 1 amide bonds. The Bertz CT molecular complexity index is 1650. The molecular weight excluding hydrogens is 564 g/mol. The Balaban J connectivity index is 1.43. The molecule has 2 fully saturated rings. The number of anilines is 2. The van der Waals surface area contributed by atoms with Gasteiger partial charge in [-0.3, -0.25) is 14.3 Å². The molecule has 2 saturated heterocycles. The van der Waals surface area contributed by atoms with Gasteiger partial charge in [0.1, 0.15) is 11.0 Å². The second-order valence-electron chi connectivity index (χ2n) is 12.9. The van der Waals surface area contributed by atoms with Gasteiger partial charge in [-0.15, -0.1) is 0 Å². The average Bonchev–Trinajstić information content (AvgIpc) is 3.32. The van der Waals surface area contributed by atoms with E-state index < -0.39 is 23.2 Å². The number of nitrogens with one attached hydrogen (secondary N) is 2. The first-order chi connectivity index (χ1) is 20.8. The zero-order valence-electron chi connectivity index (χ0n) is 26.1. The van der Waals surface area contributed by atoms with Gasteiger partial charge in [-0.2, -0.15) is 10.4 Å². The van der Waals surface area contributed by atoms with Gasteiger partial charge in [0.15, 0.2) is 11.9 Å². The smallest absolute Gasteiger partial charge is 0.335 e. The molecule has 4 atom stereocenters. The summed E-state index contributed by atoms with van der Waals surface area (Å²) in [5, 5.41) is 18.2. The number of hydrogen-bond acceptors (Lipinski definition) is 9. The van der Waals surface area contributed by atoms with Gasteiger partial charge in [0.25, 0.3) is 11.5 Å². The van der Waals surface area contributed by atoms with Gasteiger partial charge in [-0.1, -0.05) is 0 Å². The molecule has 234 valence electrons. The second-order valence-corrected chi connectivity index (χ2v) is 12.9. The van der Waals surface area contributed by atoms with Crippen molar-refractivity contribution in [2.75, 3.05) is 25.0 Å². The van der Waals surface area contributed by atoms with Crippen molar-refractivity contribution in [2.45, 2.75) is 90.3 Å². The molecule has 0 radical (unpaired) electrons. The minimum Gasteiger partial charge on any atom is -0.458 e. The fourth-order valence-corrected chi connectivity index (χ4v) is 6.05. The number of carbonyl (C=O) groups excluding carboxylic acids is 2. The highest BCUT2D eigenvalue weighted by Crippen LogP contribution is 2.37. The molecule has 3 aromatic rings. The molecule has 12 nitrogen and oxygen atoms in total. The number of carbonyl (C=O) groups is 2. The van der Waals surface area contributed by atoms with Crippen molar-refractivity contribution in [3.8, 4) is 6.07 Å². The van der Waals surface area contributed by atoms with Crippen LogP contribution in [-0.4, -0.2) is 75.2 Å². The summed E-state index contributed by atoms with van der Waals surface area (Å²) < 4.78 is 19.0. The quantitative estimate of drug-likeness (QED) is 0.395. The van der Waals surface area contributed by atoms with Crippen LogP contribution in [0.5, 0.6) is 0 Å². The molecule has 0 saturated carbocycles. The lowest BCUT2D eigenvalue weighted by Crippen LogP contribution is -2.48. The maximum Gasteiger partial charge on any atom is 0.335 e. The number of ether oxygens (including phenoxy) is 3. The summed E-state index contributed by atoms with van der Waals surface area (Å²) in [6, 6.07) is 9.40. The number of morpholine rings is 1. The van der Waals surface area contributed by atoms with Crippen molar-refractivity contribution in [3.63, 3.8) is 0 Å². The van der Waals surface area contributed by atoms with Crippen LogP contribution in [0.2, 0.25) is 0 Å². The molecule has 0 spiro atoms. The number of pyridine rings is 1. The normalized spacial score (nSPS) is 24.1. The fourth-order valence-electron chi connectivity index (χ4n) is 6.05. The van der Waals surface area contributed by atoms with Crippen LogP contribution in [0.1, 0.15) is 69.8 Å². The zero-order chi connectivity index (χ0) is 31.8. The number of hydrogen-bond donors (Lipinski definition) is 2. The largest absolute Gasteiger partial charge is 0.458 e. The number of esters is 1. The van der Waals surface area contributed by atoms with E-state index in [2.05, 4.69) is 16.4 Å².